The molecule has 8 nitrogen and oxygen atoms in total. The van der Waals surface area contributed by atoms with Crippen LogP contribution in [0.5, 0.6) is 17.2 Å². The van der Waals surface area contributed by atoms with Gasteiger partial charge in [-0.3, -0.25) is 0 Å². The number of sulfonamides is 1. The Kier molecular flexibility index (Phi) is 4.57. The molecule has 1 N–H and O–H groups in total. The first kappa shape index (κ1) is 16.8. The maximum absolute atomic E-state index is 12.3. The topological polar surface area (TPSA) is 104 Å². The van der Waals surface area contributed by atoms with Crippen LogP contribution in [-0.4, -0.2) is 25.7 Å². The summed E-state index contributed by atoms with van der Waals surface area (Å²) in [7, 11) is -2.22. The van der Waals surface area contributed by atoms with Gasteiger partial charge in [0.1, 0.15) is 17.2 Å². The molecule has 0 amide bonds. The second kappa shape index (κ2) is 6.81. The number of nitrogens with zero attached hydrogens (tertiary/aromatic N) is 2. The van der Waals surface area contributed by atoms with Gasteiger partial charge in [0.25, 0.3) is 16.0 Å². The maximum atomic E-state index is 12.3. The molecular weight excluding hydrogens is 346 g/mol. The molecule has 0 radical (unpaired) electrons. The van der Waals surface area contributed by atoms with Gasteiger partial charge in [-0.15, -0.1) is 0 Å². The summed E-state index contributed by atoms with van der Waals surface area (Å²) in [6.07, 6.45) is 0. The van der Waals surface area contributed by atoms with E-state index in [0.29, 0.717) is 11.5 Å². The van der Waals surface area contributed by atoms with Gasteiger partial charge in [0.15, 0.2) is 0 Å². The van der Waals surface area contributed by atoms with Crippen LogP contribution in [0, 0.1) is 6.92 Å². The third-order valence-corrected chi connectivity index (χ3v) is 4.53. The van der Waals surface area contributed by atoms with Crippen LogP contribution in [0.4, 0.5) is 5.95 Å². The molecule has 130 valence electrons. The summed E-state index contributed by atoms with van der Waals surface area (Å²) in [5.74, 6) is 1.98. The Hall–Kier alpha value is -3.07. The number of hydrogen-bond donors (Lipinski definition) is 1. The molecule has 0 unspecified atom stereocenters. The molecule has 0 fully saturated rings. The molecule has 2 aromatic carbocycles. The summed E-state index contributed by atoms with van der Waals surface area (Å²) in [4.78, 5) is 3.86. The lowest BCUT2D eigenvalue weighted by molar-refractivity contribution is 0.395. The van der Waals surface area contributed by atoms with Crippen LogP contribution >= 0.6 is 0 Å². The first-order chi connectivity index (χ1) is 12.0. The third-order valence-electron chi connectivity index (χ3n) is 3.18. The molecule has 25 heavy (non-hydrogen) atoms. The molecule has 0 aliphatic rings. The van der Waals surface area contributed by atoms with Gasteiger partial charge in [0.2, 0.25) is 5.89 Å². The van der Waals surface area contributed by atoms with E-state index < -0.39 is 10.0 Å². The van der Waals surface area contributed by atoms with Gasteiger partial charge in [-0.05, 0) is 53.7 Å². The number of anilines is 1. The van der Waals surface area contributed by atoms with Crippen molar-refractivity contribution >= 4 is 16.0 Å². The van der Waals surface area contributed by atoms with Gasteiger partial charge in [-0.1, -0.05) is 0 Å². The molecule has 1 heterocycles. The minimum absolute atomic E-state index is 0.0528. The standard InChI is InChI=1S/C16H15N3O5S/c1-11-17-16(18-24-11)19-25(20,21)15-9-7-14(8-10-15)23-13-5-3-12(22-2)4-6-13/h3-10H,1-2H3,(H,18,19). The molecule has 0 bridgehead atoms. The molecule has 3 aromatic rings. The highest BCUT2D eigenvalue weighted by molar-refractivity contribution is 7.92. The van der Waals surface area contributed by atoms with E-state index in [1.807, 2.05) is 0 Å². The number of hydrogen-bond acceptors (Lipinski definition) is 7. The highest BCUT2D eigenvalue weighted by Crippen LogP contribution is 2.25. The monoisotopic (exact) mass is 361 g/mol. The maximum Gasteiger partial charge on any atom is 0.277 e. The molecule has 0 aliphatic heterocycles. The van der Waals surface area contributed by atoms with Crippen LogP contribution in [0.15, 0.2) is 57.9 Å². The van der Waals surface area contributed by atoms with E-state index in [9.17, 15) is 8.42 Å². The Labute approximate surface area is 144 Å². The van der Waals surface area contributed by atoms with E-state index in [4.69, 9.17) is 14.0 Å². The summed E-state index contributed by atoms with van der Waals surface area (Å²) in [5.41, 5.74) is 0. The van der Waals surface area contributed by atoms with Crippen molar-refractivity contribution in [2.45, 2.75) is 11.8 Å². The average molecular weight is 361 g/mol. The van der Waals surface area contributed by atoms with Crippen molar-refractivity contribution in [2.24, 2.45) is 0 Å². The van der Waals surface area contributed by atoms with E-state index in [1.165, 1.54) is 12.1 Å². The minimum Gasteiger partial charge on any atom is -0.497 e. The minimum atomic E-state index is -3.81. The van der Waals surface area contributed by atoms with Crippen molar-refractivity contribution in [2.75, 3.05) is 11.8 Å². The summed E-state index contributed by atoms with van der Waals surface area (Å²) in [6.45, 7) is 1.57. The molecular formula is C16H15N3O5S. The third kappa shape index (κ3) is 4.07. The van der Waals surface area contributed by atoms with Gasteiger partial charge in [0.05, 0.1) is 12.0 Å². The van der Waals surface area contributed by atoms with Gasteiger partial charge in [0, 0.05) is 6.92 Å². The number of benzene rings is 2. The quantitative estimate of drug-likeness (QED) is 0.720. The average Bonchev–Trinajstić information content (AvgIpc) is 3.00. The van der Waals surface area contributed by atoms with Gasteiger partial charge in [-0.2, -0.15) is 4.98 Å². The fourth-order valence-electron chi connectivity index (χ4n) is 1.99. The van der Waals surface area contributed by atoms with Crippen molar-refractivity contribution in [3.05, 3.63) is 54.4 Å². The number of rotatable bonds is 6. The Balaban J connectivity index is 1.72. The number of aryl methyl sites for hydroxylation is 1. The zero-order valence-electron chi connectivity index (χ0n) is 13.5. The Morgan fingerprint density at radius 1 is 0.960 bits per heavy atom. The molecule has 0 saturated heterocycles. The molecule has 1 aromatic heterocycles. The molecule has 3 rings (SSSR count). The summed E-state index contributed by atoms with van der Waals surface area (Å²) in [5, 5.41) is 3.50. The largest absolute Gasteiger partial charge is 0.497 e. The first-order valence-corrected chi connectivity index (χ1v) is 8.70. The van der Waals surface area contributed by atoms with Crippen LogP contribution < -0.4 is 14.2 Å². The number of aromatic nitrogens is 2. The van der Waals surface area contributed by atoms with E-state index in [2.05, 4.69) is 14.9 Å². The Morgan fingerprint density at radius 2 is 1.52 bits per heavy atom. The van der Waals surface area contributed by atoms with E-state index in [-0.39, 0.29) is 16.7 Å². The molecule has 0 aliphatic carbocycles. The lowest BCUT2D eigenvalue weighted by Gasteiger charge is -2.08. The number of ether oxygens (including phenoxy) is 2. The SMILES string of the molecule is COc1ccc(Oc2ccc(S(=O)(=O)Nc3noc(C)n3)cc2)cc1. The van der Waals surface area contributed by atoms with Crippen molar-refractivity contribution in [3.8, 4) is 17.2 Å². The zero-order valence-corrected chi connectivity index (χ0v) is 14.3. The van der Waals surface area contributed by atoms with Crippen molar-refractivity contribution in [1.82, 2.24) is 10.1 Å². The summed E-state index contributed by atoms with van der Waals surface area (Å²) >= 11 is 0. The van der Waals surface area contributed by atoms with E-state index >= 15 is 0 Å². The number of nitrogens with one attached hydrogen (secondary N) is 1. The van der Waals surface area contributed by atoms with Crippen LogP contribution in [0.2, 0.25) is 0 Å². The van der Waals surface area contributed by atoms with Crippen molar-refractivity contribution < 1.29 is 22.4 Å². The van der Waals surface area contributed by atoms with Crippen LogP contribution in [0.3, 0.4) is 0 Å². The summed E-state index contributed by atoms with van der Waals surface area (Å²) in [6, 6.07) is 13.0. The molecule has 9 heteroatoms. The Morgan fingerprint density at radius 3 is 2.04 bits per heavy atom. The summed E-state index contributed by atoms with van der Waals surface area (Å²) < 4.78 is 42.2. The lowest BCUT2D eigenvalue weighted by atomic mass is 10.3. The molecule has 0 saturated carbocycles. The van der Waals surface area contributed by atoms with Crippen LogP contribution in [0.25, 0.3) is 0 Å². The second-order valence-electron chi connectivity index (χ2n) is 4.99. The normalized spacial score (nSPS) is 11.1. The van der Waals surface area contributed by atoms with Crippen molar-refractivity contribution in [3.63, 3.8) is 0 Å². The highest BCUT2D eigenvalue weighted by Gasteiger charge is 2.17. The number of methoxy groups -OCH3 is 1. The Bertz CT molecular complexity index is 950. The molecule has 0 spiro atoms. The zero-order chi connectivity index (χ0) is 17.9. The predicted octanol–water partition coefficient (Wildman–Crippen LogP) is 2.98. The van der Waals surface area contributed by atoms with Crippen LogP contribution in [0.1, 0.15) is 5.89 Å². The predicted molar refractivity (Wildman–Crippen MR) is 89.4 cm³/mol. The van der Waals surface area contributed by atoms with E-state index in [1.54, 1.807) is 50.4 Å². The second-order valence-corrected chi connectivity index (χ2v) is 6.67. The molecule has 0 atom stereocenters. The van der Waals surface area contributed by atoms with Gasteiger partial charge < -0.3 is 14.0 Å². The lowest BCUT2D eigenvalue weighted by Crippen LogP contribution is -2.13. The van der Waals surface area contributed by atoms with Gasteiger partial charge >= 0.3 is 0 Å². The smallest absolute Gasteiger partial charge is 0.277 e. The van der Waals surface area contributed by atoms with Crippen molar-refractivity contribution in [1.29, 1.82) is 0 Å². The highest BCUT2D eigenvalue weighted by atomic mass is 32.2. The fraction of sp³-hybridized carbons (Fsp3) is 0.125. The van der Waals surface area contributed by atoms with E-state index in [0.717, 1.165) is 5.75 Å². The van der Waals surface area contributed by atoms with Crippen LogP contribution in [-0.2, 0) is 10.0 Å². The fourth-order valence-corrected chi connectivity index (χ4v) is 2.92. The van der Waals surface area contributed by atoms with Gasteiger partial charge in [-0.25, -0.2) is 13.1 Å². The first-order valence-electron chi connectivity index (χ1n) is 7.21.